The van der Waals surface area contributed by atoms with Gasteiger partial charge in [-0.15, -0.1) is 11.3 Å². The number of ether oxygens (including phenoxy) is 2. The number of benzene rings is 3. The number of hydrogen-bond acceptors (Lipinski definition) is 7. The number of rotatable bonds is 9. The monoisotopic (exact) mass is 567 g/mol. The van der Waals surface area contributed by atoms with E-state index >= 15 is 0 Å². The van der Waals surface area contributed by atoms with E-state index in [2.05, 4.69) is 39.4 Å². The average molecular weight is 568 g/mol. The Labute approximate surface area is 243 Å². The number of carbonyl (C=O) groups excluding carboxylic acids is 1. The van der Waals surface area contributed by atoms with Gasteiger partial charge in [-0.2, -0.15) is 0 Å². The summed E-state index contributed by atoms with van der Waals surface area (Å²) < 4.78 is 13.9. The Hall–Kier alpha value is -4.14. The van der Waals surface area contributed by atoms with Crippen LogP contribution in [0.5, 0.6) is 5.75 Å². The van der Waals surface area contributed by atoms with Crippen molar-refractivity contribution >= 4 is 44.1 Å². The Morgan fingerprint density at radius 2 is 1.68 bits per heavy atom. The van der Waals surface area contributed by atoms with Crippen molar-refractivity contribution in [3.8, 4) is 5.75 Å². The van der Waals surface area contributed by atoms with Crippen LogP contribution in [0.1, 0.15) is 18.4 Å². The van der Waals surface area contributed by atoms with Gasteiger partial charge in [-0.1, -0.05) is 36.4 Å². The first-order valence-electron chi connectivity index (χ1n) is 14.1. The molecule has 0 radical (unpaired) electrons. The third kappa shape index (κ3) is 6.29. The molecule has 3 heterocycles. The normalized spacial score (nSPS) is 14.0. The minimum Gasteiger partial charge on any atom is -0.494 e. The lowest BCUT2D eigenvalue weighted by atomic mass is 10.2. The summed E-state index contributed by atoms with van der Waals surface area (Å²) in [6.07, 6.45) is 1.27. The number of carbonyl (C=O) groups is 1. The molecular weight excluding hydrogens is 534 g/mol. The van der Waals surface area contributed by atoms with Crippen molar-refractivity contribution in [2.24, 2.45) is 0 Å². The maximum absolute atomic E-state index is 12.9. The molecule has 0 amide bonds. The Kier molecular flexibility index (Phi) is 8.30. The predicted molar refractivity (Wildman–Crippen MR) is 165 cm³/mol. The third-order valence-electron chi connectivity index (χ3n) is 7.58. The quantitative estimate of drug-likeness (QED) is 0.193. The van der Waals surface area contributed by atoms with E-state index in [1.807, 2.05) is 42.5 Å². The van der Waals surface area contributed by atoms with Crippen molar-refractivity contribution < 1.29 is 14.3 Å². The van der Waals surface area contributed by atoms with E-state index in [0.717, 1.165) is 61.1 Å². The molecule has 0 unspecified atom stereocenters. The lowest BCUT2D eigenvalue weighted by molar-refractivity contribution is 0.141. The van der Waals surface area contributed by atoms with Gasteiger partial charge in [-0.3, -0.25) is 9.69 Å². The van der Waals surface area contributed by atoms with Crippen LogP contribution in [0.15, 0.2) is 95.1 Å². The molecule has 210 valence electrons. The summed E-state index contributed by atoms with van der Waals surface area (Å²) in [5.41, 5.74) is 2.25. The van der Waals surface area contributed by atoms with E-state index in [0.29, 0.717) is 17.9 Å². The highest BCUT2D eigenvalue weighted by Gasteiger charge is 2.19. The fourth-order valence-corrected chi connectivity index (χ4v) is 6.18. The number of fused-ring (bicyclic) bond motifs is 2. The van der Waals surface area contributed by atoms with Gasteiger partial charge in [0.2, 0.25) is 0 Å². The molecule has 2 aromatic heterocycles. The smallest absolute Gasteiger partial charge is 0.421 e. The fourth-order valence-electron chi connectivity index (χ4n) is 5.37. The van der Waals surface area contributed by atoms with Gasteiger partial charge >= 0.3 is 6.09 Å². The van der Waals surface area contributed by atoms with Crippen molar-refractivity contribution in [1.82, 2.24) is 9.47 Å². The summed E-state index contributed by atoms with van der Waals surface area (Å²) in [5.74, 6) is 0.629. The van der Waals surface area contributed by atoms with Crippen LogP contribution in [0.2, 0.25) is 0 Å². The van der Waals surface area contributed by atoms with Crippen LogP contribution in [0.4, 0.5) is 10.5 Å². The first-order chi connectivity index (χ1) is 20.2. The summed E-state index contributed by atoms with van der Waals surface area (Å²) in [6, 6.07) is 26.8. The minimum atomic E-state index is -0.700. The van der Waals surface area contributed by atoms with Crippen LogP contribution < -0.4 is 15.2 Å². The summed E-state index contributed by atoms with van der Waals surface area (Å²) in [5, 5.41) is 4.30. The van der Waals surface area contributed by atoms with Crippen molar-refractivity contribution in [1.29, 1.82) is 0 Å². The zero-order valence-corrected chi connectivity index (χ0v) is 23.7. The predicted octanol–water partition coefficient (Wildman–Crippen LogP) is 6.38. The van der Waals surface area contributed by atoms with E-state index in [-0.39, 0.29) is 6.61 Å². The van der Waals surface area contributed by atoms with Gasteiger partial charge in [-0.05, 0) is 72.1 Å². The van der Waals surface area contributed by atoms with Crippen molar-refractivity contribution in [2.45, 2.75) is 19.4 Å². The molecule has 7 nitrogen and oxygen atoms in total. The molecule has 0 saturated carbocycles. The molecule has 6 rings (SSSR count). The third-order valence-corrected chi connectivity index (χ3v) is 8.46. The lowest BCUT2D eigenvalue weighted by Crippen LogP contribution is -2.46. The van der Waals surface area contributed by atoms with Gasteiger partial charge in [0.25, 0.3) is 5.56 Å². The molecule has 0 bridgehead atoms. The van der Waals surface area contributed by atoms with Gasteiger partial charge < -0.3 is 14.4 Å². The van der Waals surface area contributed by atoms with Crippen LogP contribution in [-0.2, 0) is 11.3 Å². The maximum Gasteiger partial charge on any atom is 0.421 e. The molecule has 1 saturated heterocycles. The van der Waals surface area contributed by atoms with E-state index in [1.165, 1.54) is 21.8 Å². The molecular formula is C33H33N3O4S. The summed E-state index contributed by atoms with van der Waals surface area (Å²) in [4.78, 5) is 30.5. The Bertz CT molecular complexity index is 1690. The molecule has 1 fully saturated rings. The van der Waals surface area contributed by atoms with E-state index in [4.69, 9.17) is 9.47 Å². The highest BCUT2D eigenvalue weighted by atomic mass is 32.1. The summed E-state index contributed by atoms with van der Waals surface area (Å²) in [7, 11) is 0. The molecule has 5 aromatic rings. The summed E-state index contributed by atoms with van der Waals surface area (Å²) >= 11 is 1.80. The number of nitrogens with zero attached hydrogens (tertiary/aromatic N) is 3. The number of anilines is 1. The number of pyridine rings is 1. The first kappa shape index (κ1) is 27.1. The van der Waals surface area contributed by atoms with Gasteiger partial charge in [-0.25, -0.2) is 9.36 Å². The molecule has 3 aromatic carbocycles. The Morgan fingerprint density at radius 1 is 0.854 bits per heavy atom. The van der Waals surface area contributed by atoms with Crippen LogP contribution in [-0.4, -0.2) is 54.9 Å². The van der Waals surface area contributed by atoms with Crippen molar-refractivity contribution in [3.05, 3.63) is 106 Å². The van der Waals surface area contributed by atoms with Gasteiger partial charge in [0, 0.05) is 54.1 Å². The van der Waals surface area contributed by atoms with Crippen LogP contribution >= 0.6 is 11.3 Å². The number of unbranched alkanes of at least 4 members (excludes halogenated alkanes) is 1. The van der Waals surface area contributed by atoms with Crippen molar-refractivity contribution in [3.63, 3.8) is 0 Å². The topological polar surface area (TPSA) is 64.0 Å². The molecule has 1 aliphatic heterocycles. The summed E-state index contributed by atoms with van der Waals surface area (Å²) in [6.45, 7) is 5.91. The van der Waals surface area contributed by atoms with E-state index < -0.39 is 11.7 Å². The lowest BCUT2D eigenvalue weighted by Gasteiger charge is -2.36. The number of hydrogen-bond donors (Lipinski definition) is 0. The second-order valence-electron chi connectivity index (χ2n) is 10.3. The first-order valence-corrected chi connectivity index (χ1v) is 15.0. The highest BCUT2D eigenvalue weighted by molar-refractivity contribution is 7.17. The average Bonchev–Trinajstić information content (AvgIpc) is 3.50. The molecule has 1 aliphatic rings. The molecule has 0 spiro atoms. The van der Waals surface area contributed by atoms with Gasteiger partial charge in [0.1, 0.15) is 12.4 Å². The van der Waals surface area contributed by atoms with E-state index in [1.54, 1.807) is 23.5 Å². The number of thiophene rings is 1. The number of piperazine rings is 1. The zero-order valence-electron chi connectivity index (χ0n) is 22.9. The van der Waals surface area contributed by atoms with Crippen LogP contribution in [0.25, 0.3) is 21.0 Å². The van der Waals surface area contributed by atoms with Crippen LogP contribution in [0.3, 0.4) is 0 Å². The van der Waals surface area contributed by atoms with Crippen LogP contribution in [0, 0.1) is 0 Å². The molecule has 0 atom stereocenters. The number of aromatic nitrogens is 1. The van der Waals surface area contributed by atoms with E-state index in [9.17, 15) is 9.59 Å². The fraction of sp³-hybridized carbons (Fsp3) is 0.273. The Balaban J connectivity index is 0.990. The highest BCUT2D eigenvalue weighted by Crippen LogP contribution is 2.31. The second kappa shape index (κ2) is 12.6. The largest absolute Gasteiger partial charge is 0.494 e. The molecule has 41 heavy (non-hydrogen) atoms. The standard InChI is InChI=1S/C33H33N3O4S/c37-32-14-12-26-11-13-27(23-30(26)36(32)33(38)40-24-25-7-2-1-3-8-25)39-21-5-4-16-34-17-19-35(20-18-34)29-9-6-10-31-28(29)15-22-41-31/h1-3,6-15,22-23H,4-5,16-21,24H2. The second-order valence-corrected chi connectivity index (χ2v) is 11.2. The SMILES string of the molecule is O=C(OCc1ccccc1)n1c(=O)ccc2ccc(OCCCCN3CCN(c4cccc5sccc45)CC3)cc21. The Morgan fingerprint density at radius 3 is 2.54 bits per heavy atom. The molecule has 8 heteroatoms. The van der Waals surface area contributed by atoms with Gasteiger partial charge in [0.15, 0.2) is 0 Å². The maximum atomic E-state index is 12.9. The van der Waals surface area contributed by atoms with Gasteiger partial charge in [0.05, 0.1) is 12.1 Å². The molecule has 0 aliphatic carbocycles. The van der Waals surface area contributed by atoms with Crippen molar-refractivity contribution in [2.75, 3.05) is 44.2 Å². The molecule has 0 N–H and O–H groups in total. The minimum absolute atomic E-state index is 0.0957. The zero-order chi connectivity index (χ0) is 28.0.